The summed E-state index contributed by atoms with van der Waals surface area (Å²) in [6.45, 7) is 8.98. The lowest BCUT2D eigenvalue weighted by Crippen LogP contribution is -2.59. The normalized spacial score (nSPS) is 23.8. The van der Waals surface area contributed by atoms with Crippen molar-refractivity contribution in [2.24, 2.45) is 0 Å². The van der Waals surface area contributed by atoms with Gasteiger partial charge in [0, 0.05) is 44.9 Å². The summed E-state index contributed by atoms with van der Waals surface area (Å²) in [5, 5.41) is 3.77. The molecule has 0 bridgehead atoms. The first-order valence-electron chi connectivity index (χ1n) is 7.90. The lowest BCUT2D eigenvalue weighted by Gasteiger charge is -2.41. The summed E-state index contributed by atoms with van der Waals surface area (Å²) in [7, 11) is 0. The molecule has 1 heterocycles. The molecule has 1 saturated heterocycles. The van der Waals surface area contributed by atoms with E-state index in [-0.39, 0.29) is 0 Å². The van der Waals surface area contributed by atoms with Crippen molar-refractivity contribution in [2.45, 2.75) is 57.4 Å². The number of hydrogen-bond acceptors (Lipinski definition) is 3. The Labute approximate surface area is 112 Å². The summed E-state index contributed by atoms with van der Waals surface area (Å²) in [5.74, 6) is 0. The topological polar surface area (TPSA) is 24.5 Å². The SMILES string of the molecule is CCCCOCCCN1CCNC2(CCCC2)C1. The first-order valence-corrected chi connectivity index (χ1v) is 7.90. The molecule has 1 N–H and O–H groups in total. The van der Waals surface area contributed by atoms with Crippen molar-refractivity contribution in [1.29, 1.82) is 0 Å². The zero-order valence-electron chi connectivity index (χ0n) is 12.0. The number of nitrogens with one attached hydrogen (secondary N) is 1. The van der Waals surface area contributed by atoms with E-state index in [0.29, 0.717) is 5.54 Å². The lowest BCUT2D eigenvalue weighted by molar-refractivity contribution is 0.0968. The van der Waals surface area contributed by atoms with Crippen molar-refractivity contribution in [3.63, 3.8) is 0 Å². The van der Waals surface area contributed by atoms with Gasteiger partial charge in [0.25, 0.3) is 0 Å². The molecule has 1 saturated carbocycles. The van der Waals surface area contributed by atoms with E-state index in [1.54, 1.807) is 0 Å². The predicted octanol–water partition coefficient (Wildman–Crippen LogP) is 2.41. The van der Waals surface area contributed by atoms with Crippen molar-refractivity contribution in [3.05, 3.63) is 0 Å². The van der Waals surface area contributed by atoms with Gasteiger partial charge in [-0.05, 0) is 25.7 Å². The molecule has 0 aromatic heterocycles. The average molecular weight is 254 g/mol. The Morgan fingerprint density at radius 2 is 1.94 bits per heavy atom. The fourth-order valence-electron chi connectivity index (χ4n) is 3.36. The third-order valence-corrected chi connectivity index (χ3v) is 4.42. The van der Waals surface area contributed by atoms with Crippen molar-refractivity contribution in [1.82, 2.24) is 10.2 Å². The minimum atomic E-state index is 0.474. The summed E-state index contributed by atoms with van der Waals surface area (Å²) in [6, 6.07) is 0. The van der Waals surface area contributed by atoms with Crippen molar-refractivity contribution < 1.29 is 4.74 Å². The molecule has 1 aliphatic carbocycles. The van der Waals surface area contributed by atoms with Crippen molar-refractivity contribution in [3.8, 4) is 0 Å². The van der Waals surface area contributed by atoms with Gasteiger partial charge < -0.3 is 15.0 Å². The zero-order chi connectivity index (χ0) is 12.7. The van der Waals surface area contributed by atoms with Gasteiger partial charge in [0.1, 0.15) is 0 Å². The maximum Gasteiger partial charge on any atom is 0.0478 e. The molecule has 1 aliphatic heterocycles. The molecule has 3 heteroatoms. The second kappa shape index (κ2) is 7.46. The third-order valence-electron chi connectivity index (χ3n) is 4.42. The van der Waals surface area contributed by atoms with Crippen LogP contribution in [-0.2, 0) is 4.74 Å². The zero-order valence-corrected chi connectivity index (χ0v) is 12.0. The first-order chi connectivity index (χ1) is 8.85. The molecule has 0 radical (unpaired) electrons. The fourth-order valence-corrected chi connectivity index (χ4v) is 3.36. The number of nitrogens with zero attached hydrogens (tertiary/aromatic N) is 1. The minimum absolute atomic E-state index is 0.474. The van der Waals surface area contributed by atoms with Crippen LogP contribution in [0.2, 0.25) is 0 Å². The van der Waals surface area contributed by atoms with Crippen LogP contribution >= 0.6 is 0 Å². The summed E-state index contributed by atoms with van der Waals surface area (Å²) >= 11 is 0. The highest BCUT2D eigenvalue weighted by Gasteiger charge is 2.37. The average Bonchev–Trinajstić information content (AvgIpc) is 2.82. The van der Waals surface area contributed by atoms with Gasteiger partial charge >= 0.3 is 0 Å². The van der Waals surface area contributed by atoms with E-state index in [0.717, 1.165) is 13.2 Å². The molecule has 0 atom stereocenters. The second-order valence-electron chi connectivity index (χ2n) is 6.01. The third kappa shape index (κ3) is 4.22. The number of rotatable bonds is 7. The van der Waals surface area contributed by atoms with E-state index in [4.69, 9.17) is 4.74 Å². The van der Waals surface area contributed by atoms with E-state index >= 15 is 0 Å². The molecule has 0 amide bonds. The van der Waals surface area contributed by atoms with Crippen LogP contribution in [0.3, 0.4) is 0 Å². The Kier molecular flexibility index (Phi) is 5.93. The molecule has 18 heavy (non-hydrogen) atoms. The number of ether oxygens (including phenoxy) is 1. The van der Waals surface area contributed by atoms with Crippen LogP contribution in [0.15, 0.2) is 0 Å². The first kappa shape index (κ1) is 14.3. The highest BCUT2D eigenvalue weighted by Crippen LogP contribution is 2.31. The molecule has 2 fully saturated rings. The number of piperazine rings is 1. The van der Waals surface area contributed by atoms with Gasteiger partial charge in [-0.1, -0.05) is 26.2 Å². The summed E-state index contributed by atoms with van der Waals surface area (Å²) in [5.41, 5.74) is 0.474. The second-order valence-corrected chi connectivity index (χ2v) is 6.01. The molecule has 0 aromatic rings. The monoisotopic (exact) mass is 254 g/mol. The van der Waals surface area contributed by atoms with Crippen LogP contribution in [0.5, 0.6) is 0 Å². The van der Waals surface area contributed by atoms with Gasteiger partial charge in [-0.2, -0.15) is 0 Å². The maximum absolute atomic E-state index is 5.64. The van der Waals surface area contributed by atoms with Gasteiger partial charge in [-0.3, -0.25) is 0 Å². The lowest BCUT2D eigenvalue weighted by atomic mass is 9.94. The van der Waals surface area contributed by atoms with E-state index in [1.165, 1.54) is 71.1 Å². The van der Waals surface area contributed by atoms with Crippen molar-refractivity contribution >= 4 is 0 Å². The Hall–Kier alpha value is -0.120. The van der Waals surface area contributed by atoms with Gasteiger partial charge in [-0.15, -0.1) is 0 Å². The van der Waals surface area contributed by atoms with Crippen LogP contribution in [0.4, 0.5) is 0 Å². The predicted molar refractivity (Wildman–Crippen MR) is 76.0 cm³/mol. The quantitative estimate of drug-likeness (QED) is 0.706. The number of unbranched alkanes of at least 4 members (excludes halogenated alkanes) is 1. The van der Waals surface area contributed by atoms with Gasteiger partial charge in [0.2, 0.25) is 0 Å². The van der Waals surface area contributed by atoms with Crippen LogP contribution in [-0.4, -0.2) is 49.8 Å². The standard InChI is InChI=1S/C15H30N2O/c1-2-3-12-18-13-6-10-17-11-9-16-15(14-17)7-4-5-8-15/h16H,2-14H2,1H3. The Balaban J connectivity index is 1.58. The highest BCUT2D eigenvalue weighted by molar-refractivity contribution is 4.97. The Morgan fingerprint density at radius 1 is 1.17 bits per heavy atom. The molecule has 106 valence electrons. The van der Waals surface area contributed by atoms with E-state index in [1.807, 2.05) is 0 Å². The van der Waals surface area contributed by atoms with Gasteiger partial charge in [0.05, 0.1) is 0 Å². The fraction of sp³-hybridized carbons (Fsp3) is 1.00. The van der Waals surface area contributed by atoms with E-state index in [9.17, 15) is 0 Å². The van der Waals surface area contributed by atoms with Crippen LogP contribution < -0.4 is 5.32 Å². The molecular formula is C15H30N2O. The smallest absolute Gasteiger partial charge is 0.0478 e. The molecule has 2 rings (SSSR count). The molecule has 2 aliphatic rings. The molecule has 0 aromatic carbocycles. The Morgan fingerprint density at radius 3 is 2.72 bits per heavy atom. The van der Waals surface area contributed by atoms with Gasteiger partial charge in [-0.25, -0.2) is 0 Å². The van der Waals surface area contributed by atoms with Gasteiger partial charge in [0.15, 0.2) is 0 Å². The molecular weight excluding hydrogens is 224 g/mol. The molecule has 1 spiro atoms. The largest absolute Gasteiger partial charge is 0.381 e. The van der Waals surface area contributed by atoms with Crippen LogP contribution in [0, 0.1) is 0 Å². The van der Waals surface area contributed by atoms with E-state index in [2.05, 4.69) is 17.1 Å². The minimum Gasteiger partial charge on any atom is -0.381 e. The maximum atomic E-state index is 5.64. The number of hydrogen-bond donors (Lipinski definition) is 1. The van der Waals surface area contributed by atoms with Crippen LogP contribution in [0.1, 0.15) is 51.9 Å². The van der Waals surface area contributed by atoms with E-state index < -0.39 is 0 Å². The van der Waals surface area contributed by atoms with Crippen LogP contribution in [0.25, 0.3) is 0 Å². The molecule has 0 unspecified atom stereocenters. The highest BCUT2D eigenvalue weighted by atomic mass is 16.5. The summed E-state index contributed by atoms with van der Waals surface area (Å²) in [4.78, 5) is 2.64. The molecule has 3 nitrogen and oxygen atoms in total. The summed E-state index contributed by atoms with van der Waals surface area (Å²) in [6.07, 6.45) is 9.24. The Bertz CT molecular complexity index is 227. The van der Waals surface area contributed by atoms with Crippen molar-refractivity contribution in [2.75, 3.05) is 39.4 Å². The summed E-state index contributed by atoms with van der Waals surface area (Å²) < 4.78 is 5.64.